The molecule has 2 saturated heterocycles. The smallest absolute Gasteiger partial charge is 0.333 e. The summed E-state index contributed by atoms with van der Waals surface area (Å²) in [5.41, 5.74) is 0. The summed E-state index contributed by atoms with van der Waals surface area (Å²) in [5.74, 6) is 0.713. The predicted molar refractivity (Wildman–Crippen MR) is 109 cm³/mol. The standard InChI is InChI=1S/C18H32N4O5Si/c1-18(2,3)28(4,5)27-14-6-8-20(9-7-14)15-12-19-17(26-15)21-10-11-25-16(13-21)22(23)24/h12,14,16H,6-11,13H2,1-5H3. The molecule has 0 radical (unpaired) electrons. The number of piperidine rings is 1. The first-order chi connectivity index (χ1) is 13.1. The van der Waals surface area contributed by atoms with Crippen LogP contribution in [0.5, 0.6) is 0 Å². The van der Waals surface area contributed by atoms with Gasteiger partial charge in [0, 0.05) is 25.7 Å². The maximum atomic E-state index is 11.0. The van der Waals surface area contributed by atoms with Gasteiger partial charge < -0.3 is 23.4 Å². The average molecular weight is 413 g/mol. The molecule has 10 heteroatoms. The lowest BCUT2D eigenvalue weighted by Gasteiger charge is -2.41. The second-order valence-corrected chi connectivity index (χ2v) is 13.9. The number of aromatic nitrogens is 1. The summed E-state index contributed by atoms with van der Waals surface area (Å²) < 4.78 is 17.6. The van der Waals surface area contributed by atoms with E-state index >= 15 is 0 Å². The second kappa shape index (κ2) is 8.00. The molecule has 0 bridgehead atoms. The number of nitrogens with zero attached hydrogens (tertiary/aromatic N) is 4. The summed E-state index contributed by atoms with van der Waals surface area (Å²) in [6.07, 6.45) is 2.89. The molecule has 2 fully saturated rings. The van der Waals surface area contributed by atoms with Gasteiger partial charge in [0.1, 0.15) is 6.54 Å². The Morgan fingerprint density at radius 1 is 1.25 bits per heavy atom. The molecule has 9 nitrogen and oxygen atoms in total. The summed E-state index contributed by atoms with van der Waals surface area (Å²) >= 11 is 0. The van der Waals surface area contributed by atoms with Gasteiger partial charge in [-0.2, -0.15) is 4.98 Å². The van der Waals surface area contributed by atoms with Gasteiger partial charge in [0.25, 0.3) is 6.01 Å². The fourth-order valence-electron chi connectivity index (χ4n) is 3.27. The van der Waals surface area contributed by atoms with Gasteiger partial charge in [-0.05, 0) is 31.0 Å². The quantitative estimate of drug-likeness (QED) is 0.414. The molecule has 2 aliphatic rings. The Kier molecular flexibility index (Phi) is 6.02. The zero-order chi connectivity index (χ0) is 20.5. The summed E-state index contributed by atoms with van der Waals surface area (Å²) in [4.78, 5) is 18.8. The van der Waals surface area contributed by atoms with Crippen molar-refractivity contribution in [2.45, 2.75) is 64.1 Å². The number of rotatable bonds is 5. The van der Waals surface area contributed by atoms with Crippen molar-refractivity contribution in [3.05, 3.63) is 16.3 Å². The van der Waals surface area contributed by atoms with E-state index in [9.17, 15) is 10.1 Å². The fraction of sp³-hybridized carbons (Fsp3) is 0.833. The first-order valence-corrected chi connectivity index (χ1v) is 12.9. The van der Waals surface area contributed by atoms with Crippen LogP contribution in [-0.2, 0) is 9.16 Å². The molecule has 0 saturated carbocycles. The van der Waals surface area contributed by atoms with Crippen molar-refractivity contribution >= 4 is 20.2 Å². The molecule has 2 aliphatic heterocycles. The highest BCUT2D eigenvalue weighted by molar-refractivity contribution is 6.74. The molecule has 0 amide bonds. The SMILES string of the molecule is CC(C)(C)[Si](C)(C)OC1CCN(c2cnc(N3CCOC([N+](=O)[O-])C3)o2)CC1. The van der Waals surface area contributed by atoms with Crippen molar-refractivity contribution in [2.75, 3.05) is 42.6 Å². The molecule has 28 heavy (non-hydrogen) atoms. The van der Waals surface area contributed by atoms with Crippen LogP contribution in [0.1, 0.15) is 33.6 Å². The Morgan fingerprint density at radius 3 is 2.54 bits per heavy atom. The normalized spacial score (nSPS) is 22.5. The van der Waals surface area contributed by atoms with E-state index in [4.69, 9.17) is 13.6 Å². The lowest BCUT2D eigenvalue weighted by Crippen LogP contribution is -2.47. The molecule has 3 heterocycles. The van der Waals surface area contributed by atoms with Crippen molar-refractivity contribution in [3.8, 4) is 0 Å². The van der Waals surface area contributed by atoms with E-state index in [-0.39, 0.29) is 11.6 Å². The van der Waals surface area contributed by atoms with Gasteiger partial charge in [-0.25, -0.2) is 0 Å². The number of nitro groups is 1. The molecule has 3 rings (SSSR count). The third-order valence-electron chi connectivity index (χ3n) is 6.06. The van der Waals surface area contributed by atoms with Crippen LogP contribution in [-0.4, -0.2) is 63.3 Å². The molecular weight excluding hydrogens is 380 g/mol. The van der Waals surface area contributed by atoms with Crippen molar-refractivity contribution in [1.82, 2.24) is 4.98 Å². The lowest BCUT2D eigenvalue weighted by molar-refractivity contribution is -0.574. The Bertz CT molecular complexity index is 682. The number of anilines is 2. The number of oxazole rings is 1. The van der Waals surface area contributed by atoms with E-state index in [0.29, 0.717) is 31.2 Å². The van der Waals surface area contributed by atoms with Gasteiger partial charge >= 0.3 is 6.23 Å². The van der Waals surface area contributed by atoms with Gasteiger partial charge in [-0.1, -0.05) is 20.8 Å². The van der Waals surface area contributed by atoms with Crippen LogP contribution in [0.2, 0.25) is 18.1 Å². The van der Waals surface area contributed by atoms with Crippen molar-refractivity contribution in [2.24, 2.45) is 0 Å². The third-order valence-corrected chi connectivity index (χ3v) is 10.6. The first kappa shape index (κ1) is 21.1. The number of hydrogen-bond acceptors (Lipinski definition) is 8. The van der Waals surface area contributed by atoms with E-state index in [2.05, 4.69) is 43.7 Å². The highest BCUT2D eigenvalue weighted by Crippen LogP contribution is 2.38. The molecule has 158 valence electrons. The van der Waals surface area contributed by atoms with Gasteiger partial charge in [0.15, 0.2) is 8.32 Å². The number of morpholine rings is 1. The van der Waals surface area contributed by atoms with Gasteiger partial charge in [0.2, 0.25) is 5.88 Å². The summed E-state index contributed by atoms with van der Waals surface area (Å²) in [7, 11) is -1.76. The van der Waals surface area contributed by atoms with Crippen LogP contribution < -0.4 is 9.80 Å². The molecule has 0 aromatic carbocycles. The molecule has 1 aromatic rings. The molecule has 0 aliphatic carbocycles. The highest BCUT2D eigenvalue weighted by atomic mass is 28.4. The average Bonchev–Trinajstić information content (AvgIpc) is 3.11. The maximum Gasteiger partial charge on any atom is 0.333 e. The van der Waals surface area contributed by atoms with Crippen LogP contribution in [0.4, 0.5) is 11.9 Å². The minimum Gasteiger partial charge on any atom is -0.414 e. The van der Waals surface area contributed by atoms with Crippen LogP contribution in [0.25, 0.3) is 0 Å². The minimum absolute atomic E-state index is 0.148. The monoisotopic (exact) mass is 412 g/mol. The molecule has 1 unspecified atom stereocenters. The molecule has 0 spiro atoms. The second-order valence-electron chi connectivity index (χ2n) is 9.10. The van der Waals surface area contributed by atoms with E-state index in [1.165, 1.54) is 0 Å². The van der Waals surface area contributed by atoms with Crippen LogP contribution in [0, 0.1) is 10.1 Å². The lowest BCUT2D eigenvalue weighted by atomic mass is 10.1. The Hall–Kier alpha value is -1.65. The predicted octanol–water partition coefficient (Wildman–Crippen LogP) is 3.10. The van der Waals surface area contributed by atoms with E-state index in [0.717, 1.165) is 25.9 Å². The van der Waals surface area contributed by atoms with Crippen LogP contribution in [0.15, 0.2) is 10.6 Å². The van der Waals surface area contributed by atoms with E-state index in [1.54, 1.807) is 11.1 Å². The maximum absolute atomic E-state index is 11.0. The summed E-state index contributed by atoms with van der Waals surface area (Å²) in [6.45, 7) is 14.1. The molecule has 0 N–H and O–H groups in total. The van der Waals surface area contributed by atoms with Crippen molar-refractivity contribution < 1.29 is 18.5 Å². The largest absolute Gasteiger partial charge is 0.414 e. The van der Waals surface area contributed by atoms with Crippen molar-refractivity contribution in [3.63, 3.8) is 0 Å². The summed E-state index contributed by atoms with van der Waals surface area (Å²) in [6, 6.07) is 0.421. The summed E-state index contributed by atoms with van der Waals surface area (Å²) in [5, 5.41) is 11.2. The Morgan fingerprint density at radius 2 is 1.93 bits per heavy atom. The minimum atomic E-state index is -1.76. The molecular formula is C18H32N4O5Si. The fourth-order valence-corrected chi connectivity index (χ4v) is 4.69. The molecule has 1 atom stereocenters. The topological polar surface area (TPSA) is 94.1 Å². The van der Waals surface area contributed by atoms with Gasteiger partial charge in [-0.15, -0.1) is 0 Å². The zero-order valence-corrected chi connectivity index (χ0v) is 18.5. The zero-order valence-electron chi connectivity index (χ0n) is 17.5. The first-order valence-electron chi connectivity index (χ1n) is 9.95. The number of ether oxygens (including phenoxy) is 1. The van der Waals surface area contributed by atoms with E-state index < -0.39 is 19.5 Å². The Labute approximate surface area is 167 Å². The highest BCUT2D eigenvalue weighted by Gasteiger charge is 2.40. The number of hydrogen-bond donors (Lipinski definition) is 0. The van der Waals surface area contributed by atoms with Crippen LogP contribution in [0.3, 0.4) is 0 Å². The van der Waals surface area contributed by atoms with Crippen LogP contribution >= 0.6 is 0 Å². The van der Waals surface area contributed by atoms with Gasteiger partial charge in [0.05, 0.1) is 17.7 Å². The third kappa shape index (κ3) is 4.66. The van der Waals surface area contributed by atoms with E-state index in [1.807, 2.05) is 0 Å². The Balaban J connectivity index is 1.55. The van der Waals surface area contributed by atoms with Gasteiger partial charge in [-0.3, -0.25) is 10.1 Å². The molecule has 1 aromatic heterocycles. The van der Waals surface area contributed by atoms with Crippen molar-refractivity contribution in [1.29, 1.82) is 0 Å².